The Morgan fingerprint density at radius 3 is 2.64 bits per heavy atom. The van der Waals surface area contributed by atoms with Crippen LogP contribution >= 0.6 is 0 Å². The lowest BCUT2D eigenvalue weighted by Gasteiger charge is -2.43. The van der Waals surface area contributed by atoms with Crippen molar-refractivity contribution >= 4 is 16.9 Å². The van der Waals surface area contributed by atoms with Crippen LogP contribution in [0.4, 0.5) is 0 Å². The number of aromatic nitrogens is 2. The fourth-order valence-electron chi connectivity index (χ4n) is 4.91. The Kier molecular flexibility index (Phi) is 4.16. The van der Waals surface area contributed by atoms with Crippen LogP contribution in [0, 0.1) is 0 Å². The number of likely N-dealkylation sites (tertiary alicyclic amines) is 2. The number of rotatable bonds is 3. The van der Waals surface area contributed by atoms with Crippen LogP contribution in [-0.4, -0.2) is 51.7 Å². The zero-order chi connectivity index (χ0) is 19.1. The van der Waals surface area contributed by atoms with Gasteiger partial charge in [0.05, 0.1) is 5.92 Å². The van der Waals surface area contributed by atoms with Crippen molar-refractivity contribution in [2.24, 2.45) is 0 Å². The molecule has 0 aliphatic carbocycles. The Balaban J connectivity index is 1.30. The molecule has 2 aromatic carbocycles. The van der Waals surface area contributed by atoms with Crippen molar-refractivity contribution in [1.82, 2.24) is 20.1 Å². The van der Waals surface area contributed by atoms with Crippen molar-refractivity contribution in [1.29, 1.82) is 0 Å². The number of carbonyl (C=O) groups is 1. The highest BCUT2D eigenvalue weighted by atomic mass is 16.6. The van der Waals surface area contributed by atoms with E-state index in [1.807, 2.05) is 42.3 Å². The number of amides is 1. The number of hydrogen-bond donors (Lipinski definition) is 0. The van der Waals surface area contributed by atoms with Gasteiger partial charge in [-0.25, -0.2) is 4.63 Å². The lowest BCUT2D eigenvalue weighted by molar-refractivity contribution is -0.131. The smallest absolute Gasteiger partial charge is 0.230 e. The molecule has 144 valence electrons. The maximum atomic E-state index is 13.0. The first kappa shape index (κ1) is 17.4. The summed E-state index contributed by atoms with van der Waals surface area (Å²) >= 11 is 0. The Hall–Kier alpha value is -2.73. The number of benzene rings is 2. The van der Waals surface area contributed by atoms with E-state index in [4.69, 9.17) is 4.63 Å². The van der Waals surface area contributed by atoms with Gasteiger partial charge in [0.15, 0.2) is 0 Å². The minimum atomic E-state index is -0.0183. The quantitative estimate of drug-likeness (QED) is 0.702. The Bertz CT molecular complexity index is 992. The molecule has 1 spiro atoms. The first-order valence-electron chi connectivity index (χ1n) is 9.91. The van der Waals surface area contributed by atoms with Crippen molar-refractivity contribution in [3.63, 3.8) is 0 Å². The zero-order valence-electron chi connectivity index (χ0n) is 16.0. The summed E-state index contributed by atoms with van der Waals surface area (Å²) in [5.74, 6) is 0.255. The number of hydrogen-bond acceptors (Lipinski definition) is 5. The molecule has 2 saturated heterocycles. The summed E-state index contributed by atoms with van der Waals surface area (Å²) in [6, 6.07) is 16.2. The molecule has 2 fully saturated rings. The van der Waals surface area contributed by atoms with Crippen LogP contribution in [-0.2, 0) is 11.3 Å². The Labute approximate surface area is 164 Å². The maximum absolute atomic E-state index is 13.0. The van der Waals surface area contributed by atoms with Gasteiger partial charge in [0.2, 0.25) is 5.91 Å². The average Bonchev–Trinajstić information content (AvgIpc) is 3.31. The van der Waals surface area contributed by atoms with Crippen molar-refractivity contribution in [2.45, 2.75) is 37.3 Å². The van der Waals surface area contributed by atoms with E-state index < -0.39 is 0 Å². The van der Waals surface area contributed by atoms with Crippen LogP contribution in [0.5, 0.6) is 0 Å². The van der Waals surface area contributed by atoms with E-state index in [-0.39, 0.29) is 17.4 Å². The highest BCUT2D eigenvalue weighted by Crippen LogP contribution is 2.45. The Morgan fingerprint density at radius 2 is 1.86 bits per heavy atom. The molecule has 28 heavy (non-hydrogen) atoms. The van der Waals surface area contributed by atoms with E-state index in [1.54, 1.807) is 0 Å². The van der Waals surface area contributed by atoms with Crippen LogP contribution in [0.2, 0.25) is 0 Å². The van der Waals surface area contributed by atoms with Gasteiger partial charge in [-0.05, 0) is 46.8 Å². The van der Waals surface area contributed by atoms with Gasteiger partial charge in [-0.2, -0.15) is 0 Å². The van der Waals surface area contributed by atoms with Gasteiger partial charge in [0.1, 0.15) is 11.0 Å². The fraction of sp³-hybridized carbons (Fsp3) is 0.409. The minimum Gasteiger partial charge on any atom is -0.339 e. The van der Waals surface area contributed by atoms with E-state index in [1.165, 1.54) is 0 Å². The van der Waals surface area contributed by atoms with Gasteiger partial charge >= 0.3 is 0 Å². The number of carbonyl (C=O) groups excluding carboxylic acids is 1. The van der Waals surface area contributed by atoms with Crippen molar-refractivity contribution in [3.8, 4) is 0 Å². The first-order valence-corrected chi connectivity index (χ1v) is 9.91. The van der Waals surface area contributed by atoms with Gasteiger partial charge in [-0.3, -0.25) is 9.69 Å². The molecule has 0 unspecified atom stereocenters. The maximum Gasteiger partial charge on any atom is 0.230 e. The van der Waals surface area contributed by atoms with Crippen molar-refractivity contribution < 1.29 is 9.42 Å². The van der Waals surface area contributed by atoms with Crippen LogP contribution in [0.25, 0.3) is 11.0 Å². The predicted molar refractivity (Wildman–Crippen MR) is 106 cm³/mol. The average molecular weight is 376 g/mol. The number of piperidine rings is 1. The molecule has 0 bridgehead atoms. The van der Waals surface area contributed by atoms with E-state index in [9.17, 15) is 4.79 Å². The third-order valence-electron chi connectivity index (χ3n) is 6.68. The third-order valence-corrected chi connectivity index (χ3v) is 6.68. The number of likely N-dealkylation sites (N-methyl/N-ethyl adjacent to an activating group) is 1. The van der Waals surface area contributed by atoms with Crippen LogP contribution < -0.4 is 0 Å². The van der Waals surface area contributed by atoms with E-state index in [2.05, 4.69) is 33.4 Å². The van der Waals surface area contributed by atoms with Crippen LogP contribution in [0.15, 0.2) is 53.2 Å². The summed E-state index contributed by atoms with van der Waals surface area (Å²) in [6.45, 7) is 2.78. The second-order valence-electron chi connectivity index (χ2n) is 8.11. The summed E-state index contributed by atoms with van der Waals surface area (Å²) in [5.41, 5.74) is 3.92. The van der Waals surface area contributed by atoms with E-state index >= 15 is 0 Å². The Morgan fingerprint density at radius 1 is 1.07 bits per heavy atom. The molecule has 1 atom stereocenters. The normalized spacial score (nSPS) is 22.4. The fourth-order valence-corrected chi connectivity index (χ4v) is 4.91. The van der Waals surface area contributed by atoms with E-state index in [0.29, 0.717) is 0 Å². The molecular weight excluding hydrogens is 352 g/mol. The first-order chi connectivity index (χ1) is 13.7. The molecular formula is C22H24N4O2. The molecule has 5 rings (SSSR count). The summed E-state index contributed by atoms with van der Waals surface area (Å²) in [4.78, 5) is 17.4. The summed E-state index contributed by atoms with van der Waals surface area (Å²) in [7, 11) is 1.99. The van der Waals surface area contributed by atoms with Crippen molar-refractivity contribution in [2.75, 3.05) is 20.1 Å². The zero-order valence-corrected chi connectivity index (χ0v) is 16.0. The summed E-state index contributed by atoms with van der Waals surface area (Å²) in [6.07, 6.45) is 2.93. The molecule has 1 aromatic heterocycles. The van der Waals surface area contributed by atoms with Gasteiger partial charge < -0.3 is 4.90 Å². The molecule has 0 radical (unpaired) electrons. The summed E-state index contributed by atoms with van der Waals surface area (Å²) < 4.78 is 4.89. The molecule has 3 heterocycles. The number of fused-ring (bicyclic) bond motifs is 1. The molecule has 1 amide bonds. The highest BCUT2D eigenvalue weighted by Gasteiger charge is 2.50. The SMILES string of the molecule is CN1C(=O)[C@@H](c2ccccc2)CC12CCN(Cc1cccc3nonc13)CC2. The third kappa shape index (κ3) is 2.79. The topological polar surface area (TPSA) is 62.5 Å². The molecule has 6 nitrogen and oxygen atoms in total. The molecule has 0 saturated carbocycles. The molecule has 2 aliphatic rings. The predicted octanol–water partition coefficient (Wildman–Crippen LogP) is 3.20. The van der Waals surface area contributed by atoms with Gasteiger partial charge in [-0.15, -0.1) is 0 Å². The van der Waals surface area contributed by atoms with Crippen LogP contribution in [0.3, 0.4) is 0 Å². The standard InChI is InChI=1S/C22H24N4O2/c1-25-21(27)18(16-6-3-2-4-7-16)14-22(25)10-12-26(13-11-22)15-17-8-5-9-19-20(17)24-28-23-19/h2-9,18H,10-15H2,1H3/t18-/m1/s1. The van der Waals surface area contributed by atoms with Crippen molar-refractivity contribution in [3.05, 3.63) is 59.7 Å². The second kappa shape index (κ2) is 6.71. The van der Waals surface area contributed by atoms with E-state index in [0.717, 1.165) is 61.1 Å². The molecule has 3 aromatic rings. The number of nitrogens with zero attached hydrogens (tertiary/aromatic N) is 4. The molecule has 2 aliphatic heterocycles. The largest absolute Gasteiger partial charge is 0.339 e. The lowest BCUT2D eigenvalue weighted by Crippen LogP contribution is -2.51. The van der Waals surface area contributed by atoms with Gasteiger partial charge in [0.25, 0.3) is 0 Å². The lowest BCUT2D eigenvalue weighted by atomic mass is 9.81. The van der Waals surface area contributed by atoms with Crippen LogP contribution in [0.1, 0.15) is 36.3 Å². The molecule has 0 N–H and O–H groups in total. The van der Waals surface area contributed by atoms with Gasteiger partial charge in [0, 0.05) is 32.2 Å². The molecule has 6 heteroatoms. The monoisotopic (exact) mass is 376 g/mol. The van der Waals surface area contributed by atoms with Gasteiger partial charge in [-0.1, -0.05) is 42.5 Å². The highest BCUT2D eigenvalue weighted by molar-refractivity contribution is 5.87. The minimum absolute atomic E-state index is 0.00676. The second-order valence-corrected chi connectivity index (χ2v) is 8.11. The summed E-state index contributed by atoms with van der Waals surface area (Å²) in [5, 5.41) is 7.99.